The first-order chi connectivity index (χ1) is 13.0. The minimum atomic E-state index is -3.76. The average molecular weight is 378 g/mol. The molecule has 1 N–H and O–H groups in total. The van der Waals surface area contributed by atoms with Gasteiger partial charge in [-0.3, -0.25) is 0 Å². The second-order valence-electron chi connectivity index (χ2n) is 6.37. The van der Waals surface area contributed by atoms with Gasteiger partial charge in [0.2, 0.25) is 0 Å². The van der Waals surface area contributed by atoms with Crippen molar-refractivity contribution in [1.29, 1.82) is 0 Å². The van der Waals surface area contributed by atoms with Crippen LogP contribution in [0.15, 0.2) is 78.0 Å². The van der Waals surface area contributed by atoms with Gasteiger partial charge >= 0.3 is 0 Å². The molecule has 0 aliphatic heterocycles. The van der Waals surface area contributed by atoms with E-state index < -0.39 is 10.0 Å². The van der Waals surface area contributed by atoms with Gasteiger partial charge in [0.25, 0.3) is 16.0 Å². The Morgan fingerprint density at radius 1 is 0.963 bits per heavy atom. The minimum Gasteiger partial charge on any atom is -0.246 e. The predicted octanol–water partition coefficient (Wildman–Crippen LogP) is 3.59. The van der Waals surface area contributed by atoms with Gasteiger partial charge in [-0.25, -0.2) is 17.8 Å². The Bertz CT molecular complexity index is 1200. The highest BCUT2D eigenvalue weighted by Crippen LogP contribution is 2.20. The molecular weight excluding hydrogens is 360 g/mol. The van der Waals surface area contributed by atoms with Crippen molar-refractivity contribution in [2.75, 3.05) is 4.72 Å². The number of nitrogens with one attached hydrogen (secondary N) is 1. The largest absolute Gasteiger partial charge is 0.264 e. The number of nitrogens with zero attached hydrogens (tertiary/aromatic N) is 3. The van der Waals surface area contributed by atoms with E-state index in [1.54, 1.807) is 22.9 Å². The number of fused-ring (bicyclic) bond motifs is 1. The summed E-state index contributed by atoms with van der Waals surface area (Å²) in [7, 11) is -3.76. The molecule has 1 heterocycles. The van der Waals surface area contributed by atoms with Crippen LogP contribution >= 0.6 is 0 Å². The molecule has 27 heavy (non-hydrogen) atoms. The first-order valence-corrected chi connectivity index (χ1v) is 9.94. The van der Waals surface area contributed by atoms with Gasteiger partial charge in [0.05, 0.1) is 11.4 Å². The summed E-state index contributed by atoms with van der Waals surface area (Å²) in [6.07, 6.45) is 1.51. The first-order valence-electron chi connectivity index (χ1n) is 8.46. The zero-order chi connectivity index (χ0) is 18.9. The number of benzene rings is 3. The summed E-state index contributed by atoms with van der Waals surface area (Å²) in [6.45, 7) is 2.55. The number of rotatable bonds is 5. The SMILES string of the molecule is Cc1ccc(Cn2cnc(NS(=O)(=O)c3ccc4ccccc4c3)n2)cc1. The Kier molecular flexibility index (Phi) is 4.37. The number of aromatic nitrogens is 3. The highest BCUT2D eigenvalue weighted by atomic mass is 32.2. The molecule has 0 saturated heterocycles. The highest BCUT2D eigenvalue weighted by molar-refractivity contribution is 7.92. The molecule has 0 unspecified atom stereocenters. The van der Waals surface area contributed by atoms with Crippen molar-refractivity contribution in [3.8, 4) is 0 Å². The molecule has 4 aromatic rings. The third kappa shape index (κ3) is 3.83. The quantitative estimate of drug-likeness (QED) is 0.576. The van der Waals surface area contributed by atoms with Crippen LogP contribution in [0.4, 0.5) is 5.95 Å². The van der Waals surface area contributed by atoms with E-state index in [0.29, 0.717) is 6.54 Å². The summed E-state index contributed by atoms with van der Waals surface area (Å²) in [5, 5.41) is 6.06. The van der Waals surface area contributed by atoms with Crippen molar-refractivity contribution in [2.24, 2.45) is 0 Å². The van der Waals surface area contributed by atoms with E-state index in [-0.39, 0.29) is 10.8 Å². The van der Waals surface area contributed by atoms with Crippen LogP contribution in [0, 0.1) is 6.92 Å². The zero-order valence-electron chi connectivity index (χ0n) is 14.7. The van der Waals surface area contributed by atoms with E-state index in [2.05, 4.69) is 14.8 Å². The molecule has 0 spiro atoms. The van der Waals surface area contributed by atoms with E-state index in [1.165, 1.54) is 11.9 Å². The number of anilines is 1. The van der Waals surface area contributed by atoms with Crippen LogP contribution < -0.4 is 4.72 Å². The maximum absolute atomic E-state index is 12.6. The van der Waals surface area contributed by atoms with Gasteiger partial charge in [-0.05, 0) is 35.4 Å². The summed E-state index contributed by atoms with van der Waals surface area (Å²) in [5.41, 5.74) is 2.25. The number of sulfonamides is 1. The fourth-order valence-electron chi connectivity index (χ4n) is 2.81. The van der Waals surface area contributed by atoms with Crippen molar-refractivity contribution < 1.29 is 8.42 Å². The van der Waals surface area contributed by atoms with Crippen molar-refractivity contribution >= 4 is 26.7 Å². The molecule has 3 aromatic carbocycles. The smallest absolute Gasteiger partial charge is 0.246 e. The van der Waals surface area contributed by atoms with Crippen molar-refractivity contribution in [1.82, 2.24) is 14.8 Å². The van der Waals surface area contributed by atoms with Gasteiger partial charge < -0.3 is 0 Å². The molecule has 0 atom stereocenters. The zero-order valence-corrected chi connectivity index (χ0v) is 15.5. The van der Waals surface area contributed by atoms with Gasteiger partial charge in [0.1, 0.15) is 6.33 Å². The van der Waals surface area contributed by atoms with Crippen LogP contribution in [0.5, 0.6) is 0 Å². The summed E-state index contributed by atoms with van der Waals surface area (Å²) < 4.78 is 29.3. The van der Waals surface area contributed by atoms with Crippen molar-refractivity contribution in [2.45, 2.75) is 18.4 Å². The lowest BCUT2D eigenvalue weighted by molar-refractivity contribution is 0.600. The standard InChI is InChI=1S/C20H18N4O2S/c1-15-6-8-16(9-7-15)13-24-14-21-20(22-24)23-27(25,26)19-11-10-17-4-2-3-5-18(17)12-19/h2-12,14H,13H2,1H3,(H,22,23). The molecule has 0 aliphatic rings. The van der Waals surface area contributed by atoms with Gasteiger partial charge in [-0.15, -0.1) is 5.10 Å². The second kappa shape index (κ2) is 6.85. The Hall–Kier alpha value is -3.19. The summed E-state index contributed by atoms with van der Waals surface area (Å²) in [5.74, 6) is 0.0512. The molecule has 136 valence electrons. The molecule has 0 amide bonds. The van der Waals surface area contributed by atoms with Gasteiger partial charge in [-0.1, -0.05) is 60.2 Å². The van der Waals surface area contributed by atoms with Crippen LogP contribution in [-0.4, -0.2) is 23.2 Å². The molecular formula is C20H18N4O2S. The monoisotopic (exact) mass is 378 g/mol. The predicted molar refractivity (Wildman–Crippen MR) is 105 cm³/mol. The Morgan fingerprint density at radius 3 is 2.48 bits per heavy atom. The molecule has 1 aromatic heterocycles. The molecule has 6 nitrogen and oxygen atoms in total. The van der Waals surface area contributed by atoms with Crippen LogP contribution in [-0.2, 0) is 16.6 Å². The van der Waals surface area contributed by atoms with E-state index in [4.69, 9.17) is 0 Å². The lowest BCUT2D eigenvalue weighted by atomic mass is 10.1. The lowest BCUT2D eigenvalue weighted by Gasteiger charge is -2.06. The molecule has 7 heteroatoms. The Morgan fingerprint density at radius 2 is 1.70 bits per heavy atom. The number of hydrogen-bond acceptors (Lipinski definition) is 4. The van der Waals surface area contributed by atoms with Crippen LogP contribution in [0.1, 0.15) is 11.1 Å². The maximum Gasteiger partial charge on any atom is 0.264 e. The minimum absolute atomic E-state index is 0.0512. The van der Waals surface area contributed by atoms with Crippen LogP contribution in [0.25, 0.3) is 10.8 Å². The van der Waals surface area contributed by atoms with Gasteiger partial charge in [-0.2, -0.15) is 4.98 Å². The molecule has 0 bridgehead atoms. The normalized spacial score (nSPS) is 11.6. The van der Waals surface area contributed by atoms with Gasteiger partial charge in [0.15, 0.2) is 0 Å². The second-order valence-corrected chi connectivity index (χ2v) is 8.05. The van der Waals surface area contributed by atoms with E-state index >= 15 is 0 Å². The summed E-state index contributed by atoms with van der Waals surface area (Å²) in [6, 6.07) is 20.7. The van der Waals surface area contributed by atoms with E-state index in [0.717, 1.165) is 16.3 Å². The summed E-state index contributed by atoms with van der Waals surface area (Å²) >= 11 is 0. The Balaban J connectivity index is 1.53. The number of aryl methyl sites for hydroxylation is 1. The first kappa shape index (κ1) is 17.2. The summed E-state index contributed by atoms with van der Waals surface area (Å²) in [4.78, 5) is 4.24. The topological polar surface area (TPSA) is 76.9 Å². The molecule has 4 rings (SSSR count). The third-order valence-corrected chi connectivity index (χ3v) is 5.58. The average Bonchev–Trinajstić information content (AvgIpc) is 3.09. The van der Waals surface area contributed by atoms with E-state index in [9.17, 15) is 8.42 Å². The maximum atomic E-state index is 12.6. The van der Waals surface area contributed by atoms with Crippen LogP contribution in [0.2, 0.25) is 0 Å². The van der Waals surface area contributed by atoms with Gasteiger partial charge in [0, 0.05) is 0 Å². The number of hydrogen-bond donors (Lipinski definition) is 1. The van der Waals surface area contributed by atoms with Crippen molar-refractivity contribution in [3.63, 3.8) is 0 Å². The van der Waals surface area contributed by atoms with E-state index in [1.807, 2.05) is 55.5 Å². The lowest BCUT2D eigenvalue weighted by Crippen LogP contribution is -2.14. The molecule has 0 radical (unpaired) electrons. The third-order valence-electron chi connectivity index (χ3n) is 4.26. The van der Waals surface area contributed by atoms with Crippen LogP contribution in [0.3, 0.4) is 0 Å². The highest BCUT2D eigenvalue weighted by Gasteiger charge is 2.17. The Labute approximate surface area is 157 Å². The molecule has 0 fully saturated rings. The fraction of sp³-hybridized carbons (Fsp3) is 0.100. The molecule has 0 aliphatic carbocycles. The molecule has 0 saturated carbocycles. The van der Waals surface area contributed by atoms with Crippen molar-refractivity contribution in [3.05, 3.63) is 84.2 Å². The fourth-order valence-corrected chi connectivity index (χ4v) is 3.79.